The first-order chi connectivity index (χ1) is 8.86. The van der Waals surface area contributed by atoms with Crippen molar-refractivity contribution in [3.63, 3.8) is 0 Å². The van der Waals surface area contributed by atoms with E-state index >= 15 is 0 Å². The molecule has 104 valence electrons. The fraction of sp³-hybridized carbons (Fsp3) is 0.583. The molecule has 0 spiro atoms. The third-order valence-corrected chi connectivity index (χ3v) is 4.33. The number of hydrogen-bond donors (Lipinski definition) is 1. The fourth-order valence-electron chi connectivity index (χ4n) is 2.50. The number of rotatable bonds is 3. The van der Waals surface area contributed by atoms with Crippen LogP contribution in [-0.4, -0.2) is 34.4 Å². The minimum absolute atomic E-state index is 0.0408. The minimum atomic E-state index is -0.769. The molecule has 1 unspecified atom stereocenters. The molecule has 0 radical (unpaired) electrons. The first-order valence-electron chi connectivity index (χ1n) is 6.04. The van der Waals surface area contributed by atoms with Crippen LogP contribution in [-0.2, 0) is 4.79 Å². The number of halogens is 2. The van der Waals surface area contributed by atoms with Crippen LogP contribution in [0.5, 0.6) is 0 Å². The molecule has 1 fully saturated rings. The van der Waals surface area contributed by atoms with E-state index in [9.17, 15) is 9.90 Å². The van der Waals surface area contributed by atoms with Crippen molar-refractivity contribution in [3.05, 3.63) is 16.4 Å². The van der Waals surface area contributed by atoms with Gasteiger partial charge in [0.25, 0.3) is 0 Å². The molecule has 2 heterocycles. The van der Waals surface area contributed by atoms with Gasteiger partial charge in [0, 0.05) is 19.2 Å². The van der Waals surface area contributed by atoms with Crippen LogP contribution in [0.25, 0.3) is 0 Å². The monoisotopic (exact) mass is 303 g/mol. The molecular formula is C12H15Cl2N3O2. The Labute approximate surface area is 121 Å². The lowest BCUT2D eigenvalue weighted by atomic mass is 9.76. The first-order valence-corrected chi connectivity index (χ1v) is 6.79. The molecule has 2 rings (SSSR count). The van der Waals surface area contributed by atoms with Crippen LogP contribution < -0.4 is 4.90 Å². The Balaban J connectivity index is 2.31. The quantitative estimate of drug-likeness (QED) is 0.930. The van der Waals surface area contributed by atoms with Crippen molar-refractivity contribution in [1.82, 2.24) is 10.2 Å². The van der Waals surface area contributed by atoms with Crippen molar-refractivity contribution in [2.75, 3.05) is 18.0 Å². The Kier molecular flexibility index (Phi) is 3.87. The molecule has 0 aliphatic carbocycles. The highest BCUT2D eigenvalue weighted by molar-refractivity contribution is 6.33. The van der Waals surface area contributed by atoms with Crippen LogP contribution in [0.4, 0.5) is 5.69 Å². The zero-order chi connectivity index (χ0) is 14.2. The molecule has 1 aliphatic rings. The van der Waals surface area contributed by atoms with Crippen LogP contribution in [0, 0.1) is 11.3 Å². The van der Waals surface area contributed by atoms with Crippen molar-refractivity contribution in [1.29, 1.82) is 0 Å². The second-order valence-electron chi connectivity index (χ2n) is 5.13. The maximum atomic E-state index is 11.6. The second kappa shape index (κ2) is 5.13. The predicted molar refractivity (Wildman–Crippen MR) is 73.8 cm³/mol. The average Bonchev–Trinajstić information content (AvgIpc) is 2.78. The van der Waals surface area contributed by atoms with Gasteiger partial charge in [-0.15, -0.1) is 10.2 Å². The third kappa shape index (κ3) is 2.49. The van der Waals surface area contributed by atoms with Crippen LogP contribution in [0.1, 0.15) is 20.3 Å². The Morgan fingerprint density at radius 3 is 2.68 bits per heavy atom. The average molecular weight is 304 g/mol. The van der Waals surface area contributed by atoms with E-state index in [0.717, 1.165) is 0 Å². The van der Waals surface area contributed by atoms with Crippen molar-refractivity contribution in [2.45, 2.75) is 20.3 Å². The van der Waals surface area contributed by atoms with Gasteiger partial charge in [0.1, 0.15) is 0 Å². The normalized spacial score (nSPS) is 23.1. The van der Waals surface area contributed by atoms with Crippen molar-refractivity contribution < 1.29 is 9.90 Å². The van der Waals surface area contributed by atoms with Gasteiger partial charge in [0.2, 0.25) is 0 Å². The SMILES string of the molecule is CC(C)C1(C(=O)O)CCN(c2cc(Cl)nnc2Cl)C1. The molecule has 1 atom stereocenters. The maximum Gasteiger partial charge on any atom is 0.311 e. The van der Waals surface area contributed by atoms with E-state index in [4.69, 9.17) is 23.2 Å². The van der Waals surface area contributed by atoms with Crippen LogP contribution >= 0.6 is 23.2 Å². The highest BCUT2D eigenvalue weighted by Crippen LogP contribution is 2.41. The summed E-state index contributed by atoms with van der Waals surface area (Å²) in [5, 5.41) is 17.4. The number of hydrogen-bond acceptors (Lipinski definition) is 4. The lowest BCUT2D eigenvalue weighted by molar-refractivity contribution is -0.150. The molecule has 19 heavy (non-hydrogen) atoms. The second-order valence-corrected chi connectivity index (χ2v) is 5.88. The Hall–Kier alpha value is -1.07. The molecule has 0 saturated carbocycles. The number of aliphatic carboxylic acids is 1. The zero-order valence-electron chi connectivity index (χ0n) is 10.7. The molecule has 0 aromatic carbocycles. The van der Waals surface area contributed by atoms with E-state index in [1.54, 1.807) is 6.07 Å². The number of carboxylic acids is 1. The smallest absolute Gasteiger partial charge is 0.311 e. The summed E-state index contributed by atoms with van der Waals surface area (Å²) in [6.45, 7) is 4.88. The number of carbonyl (C=O) groups is 1. The highest BCUT2D eigenvalue weighted by atomic mass is 35.5. The van der Waals surface area contributed by atoms with Gasteiger partial charge in [-0.2, -0.15) is 0 Å². The zero-order valence-corrected chi connectivity index (χ0v) is 12.2. The Morgan fingerprint density at radius 1 is 1.47 bits per heavy atom. The predicted octanol–water partition coefficient (Wildman–Crippen LogP) is 2.72. The topological polar surface area (TPSA) is 66.3 Å². The third-order valence-electron chi connectivity index (χ3n) is 3.87. The molecular weight excluding hydrogens is 289 g/mol. The lowest BCUT2D eigenvalue weighted by Gasteiger charge is -2.29. The Bertz CT molecular complexity index is 510. The molecule has 1 aromatic heterocycles. The molecule has 1 N–H and O–H groups in total. The van der Waals surface area contributed by atoms with Gasteiger partial charge in [-0.3, -0.25) is 4.79 Å². The number of nitrogens with zero attached hydrogens (tertiary/aromatic N) is 3. The summed E-state index contributed by atoms with van der Waals surface area (Å²) in [5.74, 6) is -0.728. The largest absolute Gasteiger partial charge is 0.481 e. The van der Waals surface area contributed by atoms with E-state index in [0.29, 0.717) is 25.2 Å². The van der Waals surface area contributed by atoms with Gasteiger partial charge >= 0.3 is 5.97 Å². The maximum absolute atomic E-state index is 11.6. The summed E-state index contributed by atoms with van der Waals surface area (Å²) in [7, 11) is 0. The van der Waals surface area contributed by atoms with Crippen molar-refractivity contribution in [2.24, 2.45) is 11.3 Å². The van der Waals surface area contributed by atoms with Crippen molar-refractivity contribution >= 4 is 34.9 Å². The van der Waals surface area contributed by atoms with Gasteiger partial charge in [0.05, 0.1) is 11.1 Å². The van der Waals surface area contributed by atoms with Crippen LogP contribution in [0.2, 0.25) is 10.3 Å². The summed E-state index contributed by atoms with van der Waals surface area (Å²) < 4.78 is 0. The standard InChI is InChI=1S/C12H15Cl2N3O2/c1-7(2)12(11(18)19)3-4-17(6-12)8-5-9(13)15-16-10(8)14/h5,7H,3-4,6H2,1-2H3,(H,18,19). The molecule has 7 heteroatoms. The highest BCUT2D eigenvalue weighted by Gasteiger charge is 2.47. The van der Waals surface area contributed by atoms with Gasteiger partial charge in [-0.05, 0) is 12.3 Å². The van der Waals surface area contributed by atoms with Gasteiger partial charge in [0.15, 0.2) is 10.3 Å². The van der Waals surface area contributed by atoms with Gasteiger partial charge in [-0.1, -0.05) is 37.0 Å². The van der Waals surface area contributed by atoms with Gasteiger partial charge in [-0.25, -0.2) is 0 Å². The lowest BCUT2D eigenvalue weighted by Crippen LogP contribution is -2.39. The Morgan fingerprint density at radius 2 is 2.16 bits per heavy atom. The van der Waals surface area contributed by atoms with Crippen LogP contribution in [0.3, 0.4) is 0 Å². The summed E-state index contributed by atoms with van der Waals surface area (Å²) in [4.78, 5) is 13.5. The van der Waals surface area contributed by atoms with Crippen molar-refractivity contribution in [3.8, 4) is 0 Å². The summed E-state index contributed by atoms with van der Waals surface area (Å²) in [6, 6.07) is 1.62. The number of carboxylic acid groups (broad SMARTS) is 1. The van der Waals surface area contributed by atoms with E-state index in [-0.39, 0.29) is 16.2 Å². The molecule has 1 aromatic rings. The van der Waals surface area contributed by atoms with Crippen LogP contribution in [0.15, 0.2) is 6.07 Å². The van der Waals surface area contributed by atoms with E-state index in [2.05, 4.69) is 10.2 Å². The molecule has 5 nitrogen and oxygen atoms in total. The molecule has 1 saturated heterocycles. The summed E-state index contributed by atoms with van der Waals surface area (Å²) >= 11 is 11.8. The molecule has 0 bridgehead atoms. The number of aromatic nitrogens is 2. The molecule has 0 amide bonds. The van der Waals surface area contributed by atoms with Gasteiger partial charge < -0.3 is 10.0 Å². The summed E-state index contributed by atoms with van der Waals surface area (Å²) in [5.41, 5.74) is -0.107. The molecule has 1 aliphatic heterocycles. The van der Waals surface area contributed by atoms with E-state index in [1.165, 1.54) is 0 Å². The first kappa shape index (κ1) is 14.3. The minimum Gasteiger partial charge on any atom is -0.481 e. The number of anilines is 1. The fourth-order valence-corrected chi connectivity index (χ4v) is 2.85. The van der Waals surface area contributed by atoms with E-state index < -0.39 is 11.4 Å². The summed E-state index contributed by atoms with van der Waals surface area (Å²) in [6.07, 6.45) is 0.580. The van der Waals surface area contributed by atoms with E-state index in [1.807, 2.05) is 18.7 Å².